The molecule has 4 heteroatoms. The molecular formula is C12H18O4. The summed E-state index contributed by atoms with van der Waals surface area (Å²) in [7, 11) is 4.68. The van der Waals surface area contributed by atoms with Crippen molar-refractivity contribution < 1.29 is 19.3 Å². The molecule has 0 fully saturated rings. The van der Waals surface area contributed by atoms with Gasteiger partial charge in [-0.3, -0.25) is 0 Å². The summed E-state index contributed by atoms with van der Waals surface area (Å²) in [4.78, 5) is 0. The van der Waals surface area contributed by atoms with Gasteiger partial charge in [0.25, 0.3) is 0 Å². The summed E-state index contributed by atoms with van der Waals surface area (Å²) in [5.74, 6) is 1.75. The maximum Gasteiger partial charge on any atom is 0.166 e. The van der Waals surface area contributed by atoms with Crippen molar-refractivity contribution in [1.82, 2.24) is 0 Å². The van der Waals surface area contributed by atoms with E-state index in [4.69, 9.17) is 14.2 Å². The summed E-state index contributed by atoms with van der Waals surface area (Å²) >= 11 is 0. The lowest BCUT2D eigenvalue weighted by Gasteiger charge is -2.17. The number of hydrogen-bond donors (Lipinski definition) is 1. The van der Waals surface area contributed by atoms with Crippen molar-refractivity contribution in [3.05, 3.63) is 17.7 Å². The Morgan fingerprint density at radius 2 is 1.81 bits per heavy atom. The first-order valence-electron chi connectivity index (χ1n) is 5.15. The zero-order valence-electron chi connectivity index (χ0n) is 10.1. The Balaban J connectivity index is 3.30. The van der Waals surface area contributed by atoms with Gasteiger partial charge in [-0.2, -0.15) is 0 Å². The van der Waals surface area contributed by atoms with Gasteiger partial charge in [0.2, 0.25) is 0 Å². The molecule has 0 saturated heterocycles. The summed E-state index contributed by atoms with van der Waals surface area (Å²) < 4.78 is 15.6. The largest absolute Gasteiger partial charge is 0.497 e. The van der Waals surface area contributed by atoms with Crippen molar-refractivity contribution in [2.45, 2.75) is 19.4 Å². The molecule has 0 heterocycles. The normalized spacial score (nSPS) is 12.1. The zero-order valence-corrected chi connectivity index (χ0v) is 10.1. The smallest absolute Gasteiger partial charge is 0.166 e. The van der Waals surface area contributed by atoms with E-state index in [1.165, 1.54) is 0 Å². The highest BCUT2D eigenvalue weighted by Crippen LogP contribution is 2.39. The first-order chi connectivity index (χ1) is 7.67. The van der Waals surface area contributed by atoms with Gasteiger partial charge in [-0.25, -0.2) is 0 Å². The minimum atomic E-state index is -0.584. The maximum absolute atomic E-state index is 9.89. The van der Waals surface area contributed by atoms with E-state index in [0.29, 0.717) is 29.2 Å². The summed E-state index contributed by atoms with van der Waals surface area (Å²) in [6, 6.07) is 3.49. The molecule has 0 aromatic heterocycles. The third-order valence-corrected chi connectivity index (χ3v) is 2.46. The number of aliphatic hydroxyl groups is 1. The molecule has 0 bridgehead atoms. The number of aliphatic hydroxyl groups excluding tert-OH is 1. The van der Waals surface area contributed by atoms with E-state index in [2.05, 4.69) is 0 Å². The standard InChI is InChI=1S/C12H18O4/c1-5-10(13)9-6-8(14-2)7-11(15-3)12(9)16-4/h6-7,10,13H,5H2,1-4H3. The fraction of sp³-hybridized carbons (Fsp3) is 0.500. The lowest BCUT2D eigenvalue weighted by molar-refractivity contribution is 0.168. The van der Waals surface area contributed by atoms with Gasteiger partial charge < -0.3 is 19.3 Å². The second-order valence-corrected chi connectivity index (χ2v) is 3.38. The maximum atomic E-state index is 9.89. The highest BCUT2D eigenvalue weighted by molar-refractivity contribution is 5.52. The molecular weight excluding hydrogens is 208 g/mol. The van der Waals surface area contributed by atoms with Gasteiger partial charge in [0.1, 0.15) is 5.75 Å². The predicted molar refractivity (Wildman–Crippen MR) is 61.3 cm³/mol. The fourth-order valence-corrected chi connectivity index (χ4v) is 1.55. The number of hydrogen-bond acceptors (Lipinski definition) is 4. The van der Waals surface area contributed by atoms with E-state index in [1.807, 2.05) is 6.92 Å². The molecule has 1 unspecified atom stereocenters. The molecule has 1 aromatic rings. The van der Waals surface area contributed by atoms with Crippen LogP contribution in [-0.4, -0.2) is 26.4 Å². The van der Waals surface area contributed by atoms with Gasteiger partial charge in [0.05, 0.1) is 27.4 Å². The van der Waals surface area contributed by atoms with Crippen molar-refractivity contribution in [2.75, 3.05) is 21.3 Å². The van der Waals surface area contributed by atoms with Crippen LogP contribution in [0, 0.1) is 0 Å². The molecule has 1 rings (SSSR count). The first-order valence-corrected chi connectivity index (χ1v) is 5.15. The zero-order chi connectivity index (χ0) is 12.1. The second-order valence-electron chi connectivity index (χ2n) is 3.38. The van der Waals surface area contributed by atoms with Crippen LogP contribution in [-0.2, 0) is 0 Å². The lowest BCUT2D eigenvalue weighted by atomic mass is 10.0. The Morgan fingerprint density at radius 3 is 2.25 bits per heavy atom. The number of ether oxygens (including phenoxy) is 3. The second kappa shape index (κ2) is 5.61. The minimum Gasteiger partial charge on any atom is -0.497 e. The molecule has 1 atom stereocenters. The van der Waals surface area contributed by atoms with Gasteiger partial charge in [-0.15, -0.1) is 0 Å². The number of rotatable bonds is 5. The lowest BCUT2D eigenvalue weighted by Crippen LogP contribution is -2.02. The van der Waals surface area contributed by atoms with Crippen molar-refractivity contribution >= 4 is 0 Å². The Morgan fingerprint density at radius 1 is 1.12 bits per heavy atom. The van der Waals surface area contributed by atoms with Gasteiger partial charge in [-0.05, 0) is 12.5 Å². The molecule has 0 amide bonds. The van der Waals surface area contributed by atoms with Crippen LogP contribution in [0.3, 0.4) is 0 Å². The molecule has 1 aromatic carbocycles. The molecule has 4 nitrogen and oxygen atoms in total. The predicted octanol–water partition coefficient (Wildman–Crippen LogP) is 2.16. The Hall–Kier alpha value is -1.42. The SMILES string of the molecule is CCC(O)c1cc(OC)cc(OC)c1OC. The molecule has 90 valence electrons. The van der Waals surface area contributed by atoms with Crippen LogP contribution in [0.25, 0.3) is 0 Å². The summed E-state index contributed by atoms with van der Waals surface area (Å²) in [5.41, 5.74) is 0.682. The van der Waals surface area contributed by atoms with E-state index < -0.39 is 6.10 Å². The summed E-state index contributed by atoms with van der Waals surface area (Å²) in [6.45, 7) is 1.90. The highest BCUT2D eigenvalue weighted by Gasteiger charge is 2.17. The van der Waals surface area contributed by atoms with E-state index in [-0.39, 0.29) is 0 Å². The average molecular weight is 226 g/mol. The highest BCUT2D eigenvalue weighted by atomic mass is 16.5. The minimum absolute atomic E-state index is 0.553. The van der Waals surface area contributed by atoms with E-state index >= 15 is 0 Å². The van der Waals surface area contributed by atoms with Crippen molar-refractivity contribution in [1.29, 1.82) is 0 Å². The van der Waals surface area contributed by atoms with Gasteiger partial charge >= 0.3 is 0 Å². The topological polar surface area (TPSA) is 47.9 Å². The molecule has 0 saturated carbocycles. The quantitative estimate of drug-likeness (QED) is 0.835. The van der Waals surface area contributed by atoms with Crippen LogP contribution in [0.5, 0.6) is 17.2 Å². The fourth-order valence-electron chi connectivity index (χ4n) is 1.55. The number of benzene rings is 1. The summed E-state index contributed by atoms with van der Waals surface area (Å²) in [6.07, 6.45) is 0.0195. The summed E-state index contributed by atoms with van der Waals surface area (Å²) in [5, 5.41) is 9.89. The first kappa shape index (κ1) is 12.6. The molecule has 1 N–H and O–H groups in total. The van der Waals surface area contributed by atoms with Gasteiger partial charge in [-0.1, -0.05) is 6.92 Å². The molecule has 0 aliphatic heterocycles. The number of methoxy groups -OCH3 is 3. The monoisotopic (exact) mass is 226 g/mol. The van der Waals surface area contributed by atoms with E-state index in [0.717, 1.165) is 0 Å². The average Bonchev–Trinajstić information content (AvgIpc) is 2.35. The third kappa shape index (κ3) is 2.39. The third-order valence-electron chi connectivity index (χ3n) is 2.46. The van der Waals surface area contributed by atoms with Crippen LogP contribution in [0.2, 0.25) is 0 Å². The Bertz CT molecular complexity index is 349. The van der Waals surface area contributed by atoms with Crippen LogP contribution in [0.4, 0.5) is 0 Å². The molecule has 0 radical (unpaired) electrons. The van der Waals surface area contributed by atoms with Crippen molar-refractivity contribution in [3.8, 4) is 17.2 Å². The van der Waals surface area contributed by atoms with E-state index in [1.54, 1.807) is 33.5 Å². The molecule has 0 aliphatic carbocycles. The molecule has 0 spiro atoms. The molecule has 16 heavy (non-hydrogen) atoms. The van der Waals surface area contributed by atoms with Crippen LogP contribution in [0.15, 0.2) is 12.1 Å². The van der Waals surface area contributed by atoms with Gasteiger partial charge in [0.15, 0.2) is 11.5 Å². The Labute approximate surface area is 95.8 Å². The Kier molecular flexibility index (Phi) is 4.43. The van der Waals surface area contributed by atoms with Crippen LogP contribution in [0.1, 0.15) is 25.0 Å². The van der Waals surface area contributed by atoms with Crippen LogP contribution < -0.4 is 14.2 Å². The molecule has 0 aliphatic rings. The van der Waals surface area contributed by atoms with Gasteiger partial charge in [0, 0.05) is 11.6 Å². The van der Waals surface area contributed by atoms with Crippen molar-refractivity contribution in [3.63, 3.8) is 0 Å². The van der Waals surface area contributed by atoms with Crippen LogP contribution >= 0.6 is 0 Å². The van der Waals surface area contributed by atoms with E-state index in [9.17, 15) is 5.11 Å². The van der Waals surface area contributed by atoms with Crippen molar-refractivity contribution in [2.24, 2.45) is 0 Å².